The maximum atomic E-state index is 12.5. The van der Waals surface area contributed by atoms with Gasteiger partial charge in [-0.3, -0.25) is 9.59 Å². The molecule has 2 aliphatic heterocycles. The molecular formula is C36H38Br2N4O4. The molecule has 0 N–H and O–H groups in total. The van der Waals surface area contributed by atoms with Crippen molar-refractivity contribution in [2.45, 2.75) is 0 Å². The summed E-state index contributed by atoms with van der Waals surface area (Å²) in [6.07, 6.45) is 0. The van der Waals surface area contributed by atoms with E-state index >= 15 is 0 Å². The SMILES string of the molecule is COc1ccccc1N1CCN(C(=O)c2ccc(Br)cc2)CC1.COc1ccccc1N1CCN(C(=O)c2ccc(Br)cc2)CC1. The van der Waals surface area contributed by atoms with Crippen molar-refractivity contribution in [3.8, 4) is 11.5 Å². The number of ether oxygens (including phenoxy) is 2. The quantitative estimate of drug-likeness (QED) is 0.215. The predicted molar refractivity (Wildman–Crippen MR) is 191 cm³/mol. The summed E-state index contributed by atoms with van der Waals surface area (Å²) in [6, 6.07) is 31.1. The standard InChI is InChI=1S/2C18H19BrN2O2/c2*1-23-17-5-3-2-4-16(17)20-10-12-21(13-11-20)18(22)14-6-8-15(19)9-7-14/h2*2-9H,10-13H2,1H3. The molecule has 8 nitrogen and oxygen atoms in total. The number of carbonyl (C=O) groups is 2. The number of para-hydroxylation sites is 4. The first-order valence-corrected chi connectivity index (χ1v) is 16.8. The van der Waals surface area contributed by atoms with Gasteiger partial charge in [0.1, 0.15) is 11.5 Å². The van der Waals surface area contributed by atoms with E-state index in [0.717, 1.165) is 69.1 Å². The van der Waals surface area contributed by atoms with E-state index in [2.05, 4.69) is 53.8 Å². The monoisotopic (exact) mass is 748 g/mol. The van der Waals surface area contributed by atoms with E-state index in [4.69, 9.17) is 9.47 Å². The van der Waals surface area contributed by atoms with Gasteiger partial charge in [-0.15, -0.1) is 0 Å². The number of rotatable bonds is 6. The summed E-state index contributed by atoms with van der Waals surface area (Å²) in [5.74, 6) is 1.94. The van der Waals surface area contributed by atoms with Gasteiger partial charge in [-0.25, -0.2) is 0 Å². The first kappa shape index (κ1) is 33.3. The Balaban J connectivity index is 0.000000181. The van der Waals surface area contributed by atoms with Gasteiger partial charge >= 0.3 is 0 Å². The fourth-order valence-corrected chi connectivity index (χ4v) is 6.16. The van der Waals surface area contributed by atoms with E-state index in [0.29, 0.717) is 26.2 Å². The lowest BCUT2D eigenvalue weighted by atomic mass is 10.1. The van der Waals surface area contributed by atoms with Gasteiger partial charge in [0, 0.05) is 72.4 Å². The Labute approximate surface area is 287 Å². The van der Waals surface area contributed by atoms with Gasteiger partial charge in [0.2, 0.25) is 0 Å². The lowest BCUT2D eigenvalue weighted by Gasteiger charge is -2.36. The van der Waals surface area contributed by atoms with Crippen molar-refractivity contribution in [2.24, 2.45) is 0 Å². The molecule has 2 saturated heterocycles. The molecule has 10 heteroatoms. The molecule has 2 heterocycles. The van der Waals surface area contributed by atoms with Crippen molar-refractivity contribution in [3.05, 3.63) is 117 Å². The highest BCUT2D eigenvalue weighted by Crippen LogP contribution is 2.30. The first-order valence-electron chi connectivity index (χ1n) is 15.2. The Hall–Kier alpha value is -4.02. The van der Waals surface area contributed by atoms with Crippen LogP contribution in [0.5, 0.6) is 11.5 Å². The Morgan fingerprint density at radius 1 is 0.500 bits per heavy atom. The number of halogens is 2. The number of nitrogens with zero attached hydrogens (tertiary/aromatic N) is 4. The Bertz CT molecular complexity index is 1480. The van der Waals surface area contributed by atoms with Crippen LogP contribution in [-0.4, -0.2) is 88.2 Å². The topological polar surface area (TPSA) is 65.6 Å². The molecule has 0 saturated carbocycles. The molecule has 0 radical (unpaired) electrons. The van der Waals surface area contributed by atoms with E-state index in [1.165, 1.54) is 0 Å². The zero-order valence-corrected chi connectivity index (χ0v) is 29.2. The van der Waals surface area contributed by atoms with Gasteiger partial charge in [-0.2, -0.15) is 0 Å². The second-order valence-electron chi connectivity index (χ2n) is 10.9. The molecular weight excluding hydrogens is 712 g/mol. The van der Waals surface area contributed by atoms with Crippen LogP contribution >= 0.6 is 31.9 Å². The highest BCUT2D eigenvalue weighted by molar-refractivity contribution is 9.10. The number of carbonyl (C=O) groups excluding carboxylic acids is 2. The highest BCUT2D eigenvalue weighted by atomic mass is 79.9. The van der Waals surface area contributed by atoms with E-state index < -0.39 is 0 Å². The van der Waals surface area contributed by atoms with Crippen LogP contribution in [0.15, 0.2) is 106 Å². The predicted octanol–water partition coefficient (Wildman–Crippen LogP) is 6.84. The molecule has 2 amide bonds. The third-order valence-corrected chi connectivity index (χ3v) is 9.23. The molecule has 46 heavy (non-hydrogen) atoms. The van der Waals surface area contributed by atoms with Crippen molar-refractivity contribution in [3.63, 3.8) is 0 Å². The third kappa shape index (κ3) is 8.22. The van der Waals surface area contributed by atoms with E-state index in [1.54, 1.807) is 14.2 Å². The molecule has 0 aliphatic carbocycles. The average Bonchev–Trinajstić information content (AvgIpc) is 3.12. The highest BCUT2D eigenvalue weighted by Gasteiger charge is 2.25. The van der Waals surface area contributed by atoms with Crippen molar-refractivity contribution >= 4 is 55.0 Å². The van der Waals surface area contributed by atoms with Gasteiger partial charge < -0.3 is 29.1 Å². The van der Waals surface area contributed by atoms with Gasteiger partial charge in [-0.1, -0.05) is 56.1 Å². The summed E-state index contributed by atoms with van der Waals surface area (Å²) >= 11 is 6.79. The number of anilines is 2. The third-order valence-electron chi connectivity index (χ3n) is 8.17. The van der Waals surface area contributed by atoms with Crippen LogP contribution in [-0.2, 0) is 0 Å². The van der Waals surface area contributed by atoms with Gasteiger partial charge in [0.15, 0.2) is 0 Å². The minimum atomic E-state index is 0.0946. The first-order chi connectivity index (χ1) is 22.4. The van der Waals surface area contributed by atoms with Crippen molar-refractivity contribution in [2.75, 3.05) is 76.4 Å². The fraction of sp³-hybridized carbons (Fsp3) is 0.278. The number of hydrogen-bond acceptors (Lipinski definition) is 6. The molecule has 0 unspecified atom stereocenters. The van der Waals surface area contributed by atoms with Gasteiger partial charge in [0.25, 0.3) is 11.8 Å². The van der Waals surface area contributed by atoms with E-state index in [9.17, 15) is 9.59 Å². The second-order valence-corrected chi connectivity index (χ2v) is 12.7. The number of methoxy groups -OCH3 is 2. The maximum Gasteiger partial charge on any atom is 0.253 e. The van der Waals surface area contributed by atoms with Crippen molar-refractivity contribution < 1.29 is 19.1 Å². The Morgan fingerprint density at radius 3 is 1.15 bits per heavy atom. The normalized spacial score (nSPS) is 14.7. The molecule has 0 aromatic heterocycles. The fourth-order valence-electron chi connectivity index (χ4n) is 5.63. The smallest absolute Gasteiger partial charge is 0.253 e. The maximum absolute atomic E-state index is 12.5. The Morgan fingerprint density at radius 2 is 0.826 bits per heavy atom. The summed E-state index contributed by atoms with van der Waals surface area (Å²) in [7, 11) is 3.37. The minimum Gasteiger partial charge on any atom is -0.495 e. The minimum absolute atomic E-state index is 0.0946. The molecule has 6 rings (SSSR count). The summed E-state index contributed by atoms with van der Waals surface area (Å²) < 4.78 is 12.8. The van der Waals surface area contributed by atoms with Crippen molar-refractivity contribution in [1.29, 1.82) is 0 Å². The van der Waals surface area contributed by atoms with E-state index in [-0.39, 0.29) is 11.8 Å². The summed E-state index contributed by atoms with van der Waals surface area (Å²) in [4.78, 5) is 33.4. The average molecular weight is 751 g/mol. The largest absolute Gasteiger partial charge is 0.495 e. The molecule has 240 valence electrons. The van der Waals surface area contributed by atoms with Crippen LogP contribution in [0.1, 0.15) is 20.7 Å². The lowest BCUT2D eigenvalue weighted by molar-refractivity contribution is 0.0739. The number of hydrogen-bond donors (Lipinski definition) is 0. The lowest BCUT2D eigenvalue weighted by Crippen LogP contribution is -2.48. The number of benzene rings is 4. The number of piperazine rings is 2. The Kier molecular flexibility index (Phi) is 11.6. The van der Waals surface area contributed by atoms with Crippen LogP contribution < -0.4 is 19.3 Å². The van der Waals surface area contributed by atoms with Crippen molar-refractivity contribution in [1.82, 2.24) is 9.80 Å². The molecule has 2 aliphatic rings. The summed E-state index contributed by atoms with van der Waals surface area (Å²) in [6.45, 7) is 6.09. The molecule has 0 spiro atoms. The van der Waals surface area contributed by atoms with Crippen LogP contribution in [0.25, 0.3) is 0 Å². The summed E-state index contributed by atoms with van der Waals surface area (Å²) in [5.41, 5.74) is 3.65. The van der Waals surface area contributed by atoms with Crippen LogP contribution in [0.4, 0.5) is 11.4 Å². The molecule has 0 atom stereocenters. The van der Waals surface area contributed by atoms with Gasteiger partial charge in [-0.05, 0) is 72.8 Å². The van der Waals surface area contributed by atoms with Crippen LogP contribution in [0.3, 0.4) is 0 Å². The molecule has 2 fully saturated rings. The molecule has 0 bridgehead atoms. The molecule has 4 aromatic rings. The molecule has 4 aromatic carbocycles. The second kappa shape index (κ2) is 16.0. The van der Waals surface area contributed by atoms with Gasteiger partial charge in [0.05, 0.1) is 25.6 Å². The van der Waals surface area contributed by atoms with Crippen LogP contribution in [0, 0.1) is 0 Å². The number of amides is 2. The van der Waals surface area contributed by atoms with Crippen LogP contribution in [0.2, 0.25) is 0 Å². The zero-order chi connectivity index (χ0) is 32.5. The summed E-state index contributed by atoms with van der Waals surface area (Å²) in [5, 5.41) is 0. The zero-order valence-electron chi connectivity index (χ0n) is 26.1. The van der Waals surface area contributed by atoms with E-state index in [1.807, 2.05) is 94.7 Å².